The van der Waals surface area contributed by atoms with Gasteiger partial charge in [0.2, 0.25) is 0 Å². The van der Waals surface area contributed by atoms with Gasteiger partial charge in [-0.1, -0.05) is 48.5 Å². The Kier molecular flexibility index (Phi) is 5.07. The highest BCUT2D eigenvalue weighted by Crippen LogP contribution is 2.35. The fourth-order valence-electron chi connectivity index (χ4n) is 3.73. The number of hydrogen-bond donors (Lipinski definition) is 1. The predicted molar refractivity (Wildman–Crippen MR) is 107 cm³/mol. The minimum atomic E-state index is -0.296. The van der Waals surface area contributed by atoms with E-state index in [1.165, 1.54) is 10.8 Å². The Morgan fingerprint density at radius 3 is 2.59 bits per heavy atom. The molecule has 0 atom stereocenters. The molecule has 4 heteroatoms. The summed E-state index contributed by atoms with van der Waals surface area (Å²) in [6, 6.07) is 22.8. The highest BCUT2D eigenvalue weighted by molar-refractivity contribution is 5.83. The zero-order chi connectivity index (χ0) is 18.5. The van der Waals surface area contributed by atoms with Crippen LogP contribution in [0.25, 0.3) is 10.8 Å². The number of fused-ring (bicyclic) bond motifs is 1. The summed E-state index contributed by atoms with van der Waals surface area (Å²) in [6.07, 6.45) is 3.23. The predicted octanol–water partition coefficient (Wildman–Crippen LogP) is 4.93. The summed E-state index contributed by atoms with van der Waals surface area (Å²) < 4.78 is 11.5. The van der Waals surface area contributed by atoms with E-state index >= 15 is 0 Å². The molecule has 4 nitrogen and oxygen atoms in total. The van der Waals surface area contributed by atoms with Gasteiger partial charge in [-0.05, 0) is 52.9 Å². The van der Waals surface area contributed by atoms with Crippen molar-refractivity contribution >= 4 is 17.0 Å². The first-order valence-electron chi connectivity index (χ1n) is 9.26. The van der Waals surface area contributed by atoms with Crippen molar-refractivity contribution in [1.29, 1.82) is 0 Å². The van der Waals surface area contributed by atoms with Crippen LogP contribution in [0.4, 0.5) is 0 Å². The van der Waals surface area contributed by atoms with E-state index in [-0.39, 0.29) is 5.41 Å². The molecule has 1 saturated heterocycles. The van der Waals surface area contributed by atoms with Gasteiger partial charge in [-0.2, -0.15) is 0 Å². The van der Waals surface area contributed by atoms with Crippen molar-refractivity contribution in [2.75, 3.05) is 13.2 Å². The molecule has 4 rings (SSSR count). The van der Waals surface area contributed by atoms with Gasteiger partial charge in [0.1, 0.15) is 12.4 Å². The van der Waals surface area contributed by atoms with Gasteiger partial charge < -0.3 is 14.7 Å². The molecule has 27 heavy (non-hydrogen) atoms. The molecule has 1 aliphatic rings. The Bertz CT molecular complexity index is 945. The number of rotatable bonds is 5. The van der Waals surface area contributed by atoms with Gasteiger partial charge in [-0.25, -0.2) is 0 Å². The van der Waals surface area contributed by atoms with E-state index in [1.807, 2.05) is 30.3 Å². The van der Waals surface area contributed by atoms with Crippen LogP contribution in [0.15, 0.2) is 71.9 Å². The van der Waals surface area contributed by atoms with Crippen LogP contribution in [-0.2, 0) is 16.8 Å². The molecule has 0 spiro atoms. The number of benzene rings is 3. The lowest BCUT2D eigenvalue weighted by Crippen LogP contribution is -2.35. The molecular weight excluding hydrogens is 338 g/mol. The summed E-state index contributed by atoms with van der Waals surface area (Å²) in [4.78, 5) is 0. The van der Waals surface area contributed by atoms with Crippen LogP contribution in [0.1, 0.15) is 24.0 Å². The van der Waals surface area contributed by atoms with Gasteiger partial charge in [-0.15, -0.1) is 5.16 Å². The zero-order valence-electron chi connectivity index (χ0n) is 15.2. The Hall–Kier alpha value is -2.85. The van der Waals surface area contributed by atoms with Crippen molar-refractivity contribution in [1.82, 2.24) is 0 Å². The van der Waals surface area contributed by atoms with Crippen molar-refractivity contribution in [3.8, 4) is 5.75 Å². The standard InChI is InChI=1S/C23H23NO3/c25-24-17-23(10-12-26-13-11-23)21-6-3-7-22(15-21)27-16-18-8-9-19-4-1-2-5-20(19)14-18/h1-9,14-15,17,25H,10-13,16H2. The van der Waals surface area contributed by atoms with Crippen molar-refractivity contribution in [2.24, 2.45) is 5.16 Å². The van der Waals surface area contributed by atoms with E-state index in [9.17, 15) is 0 Å². The fourth-order valence-corrected chi connectivity index (χ4v) is 3.73. The van der Waals surface area contributed by atoms with Crippen molar-refractivity contribution < 1.29 is 14.7 Å². The van der Waals surface area contributed by atoms with E-state index in [2.05, 4.69) is 41.6 Å². The van der Waals surface area contributed by atoms with Crippen LogP contribution >= 0.6 is 0 Å². The average Bonchev–Trinajstić information content (AvgIpc) is 2.73. The SMILES string of the molecule is ON=CC1(c2cccc(OCc3ccc4ccccc4c3)c2)CCOCC1. The van der Waals surface area contributed by atoms with E-state index in [1.54, 1.807) is 6.21 Å². The van der Waals surface area contributed by atoms with Gasteiger partial charge in [0.25, 0.3) is 0 Å². The normalized spacial score (nSPS) is 16.6. The molecule has 1 N–H and O–H groups in total. The van der Waals surface area contributed by atoms with Gasteiger partial charge in [0.05, 0.1) is 6.21 Å². The molecule has 0 radical (unpaired) electrons. The van der Waals surface area contributed by atoms with Gasteiger partial charge in [0.15, 0.2) is 0 Å². The van der Waals surface area contributed by atoms with Crippen LogP contribution in [-0.4, -0.2) is 24.6 Å². The van der Waals surface area contributed by atoms with Gasteiger partial charge in [0, 0.05) is 18.6 Å². The lowest BCUT2D eigenvalue weighted by molar-refractivity contribution is 0.0712. The molecule has 1 fully saturated rings. The molecular formula is C23H23NO3. The second-order valence-corrected chi connectivity index (χ2v) is 7.01. The first-order chi connectivity index (χ1) is 13.3. The van der Waals surface area contributed by atoms with E-state index in [4.69, 9.17) is 14.7 Å². The van der Waals surface area contributed by atoms with Gasteiger partial charge in [-0.3, -0.25) is 0 Å². The van der Waals surface area contributed by atoms with Crippen LogP contribution in [0.3, 0.4) is 0 Å². The Balaban J connectivity index is 1.53. The van der Waals surface area contributed by atoms with Crippen molar-refractivity contribution in [3.63, 3.8) is 0 Å². The molecule has 1 heterocycles. The lowest BCUT2D eigenvalue weighted by atomic mass is 9.75. The topological polar surface area (TPSA) is 51.1 Å². The number of oxime groups is 1. The molecule has 0 aromatic heterocycles. The van der Waals surface area contributed by atoms with Crippen LogP contribution in [0, 0.1) is 0 Å². The summed E-state index contributed by atoms with van der Waals surface area (Å²) in [5.74, 6) is 0.817. The summed E-state index contributed by atoms with van der Waals surface area (Å²) in [7, 11) is 0. The maximum absolute atomic E-state index is 9.15. The van der Waals surface area contributed by atoms with Crippen LogP contribution in [0.5, 0.6) is 5.75 Å². The molecule has 0 unspecified atom stereocenters. The van der Waals surface area contributed by atoms with Crippen LogP contribution < -0.4 is 4.74 Å². The largest absolute Gasteiger partial charge is 0.489 e. The second-order valence-electron chi connectivity index (χ2n) is 7.01. The summed E-state index contributed by atoms with van der Waals surface area (Å²) >= 11 is 0. The Morgan fingerprint density at radius 1 is 0.963 bits per heavy atom. The van der Waals surface area contributed by atoms with Crippen LogP contribution in [0.2, 0.25) is 0 Å². The lowest BCUT2D eigenvalue weighted by Gasteiger charge is -2.33. The second kappa shape index (κ2) is 7.80. The number of ether oxygens (including phenoxy) is 2. The van der Waals surface area contributed by atoms with E-state index < -0.39 is 0 Å². The minimum absolute atomic E-state index is 0.296. The first-order valence-corrected chi connectivity index (χ1v) is 9.26. The zero-order valence-corrected chi connectivity index (χ0v) is 15.2. The molecule has 3 aromatic carbocycles. The third-order valence-corrected chi connectivity index (χ3v) is 5.32. The molecule has 0 aliphatic carbocycles. The summed E-state index contributed by atoms with van der Waals surface area (Å²) in [5, 5.41) is 14.9. The van der Waals surface area contributed by atoms with E-state index in [0.29, 0.717) is 19.8 Å². The Morgan fingerprint density at radius 2 is 1.78 bits per heavy atom. The maximum Gasteiger partial charge on any atom is 0.120 e. The molecule has 1 aliphatic heterocycles. The molecule has 138 valence electrons. The number of nitrogens with zero attached hydrogens (tertiary/aromatic N) is 1. The highest BCUT2D eigenvalue weighted by Gasteiger charge is 2.33. The molecule has 3 aromatic rings. The third-order valence-electron chi connectivity index (χ3n) is 5.32. The maximum atomic E-state index is 9.15. The highest BCUT2D eigenvalue weighted by atomic mass is 16.5. The number of hydrogen-bond acceptors (Lipinski definition) is 4. The quantitative estimate of drug-likeness (QED) is 0.398. The third kappa shape index (κ3) is 3.81. The van der Waals surface area contributed by atoms with Crippen molar-refractivity contribution in [2.45, 2.75) is 24.9 Å². The fraction of sp³-hybridized carbons (Fsp3) is 0.261. The Labute approximate surface area is 159 Å². The smallest absolute Gasteiger partial charge is 0.120 e. The molecule has 0 amide bonds. The summed E-state index contributed by atoms with van der Waals surface area (Å²) in [5.41, 5.74) is 1.94. The minimum Gasteiger partial charge on any atom is -0.489 e. The monoisotopic (exact) mass is 361 g/mol. The first kappa shape index (κ1) is 17.6. The van der Waals surface area contributed by atoms with E-state index in [0.717, 1.165) is 29.7 Å². The molecule has 0 bridgehead atoms. The van der Waals surface area contributed by atoms with Crippen molar-refractivity contribution in [3.05, 3.63) is 77.9 Å². The summed E-state index contributed by atoms with van der Waals surface area (Å²) in [6.45, 7) is 1.83. The van der Waals surface area contributed by atoms with Gasteiger partial charge >= 0.3 is 0 Å². The average molecular weight is 361 g/mol. The molecule has 0 saturated carbocycles.